The van der Waals surface area contributed by atoms with Gasteiger partial charge < -0.3 is 4.74 Å². The second kappa shape index (κ2) is 7.24. The zero-order chi connectivity index (χ0) is 19.8. The smallest absolute Gasteiger partial charge is 0.433 e. The molecule has 0 saturated heterocycles. The Labute approximate surface area is 170 Å². The lowest BCUT2D eigenvalue weighted by molar-refractivity contribution is 0.0826. The van der Waals surface area contributed by atoms with Gasteiger partial charge in [-0.25, -0.2) is 4.79 Å². The Kier molecular flexibility index (Phi) is 4.91. The molecule has 0 N–H and O–H groups in total. The van der Waals surface area contributed by atoms with Crippen LogP contribution in [-0.2, 0) is 4.74 Å². The van der Waals surface area contributed by atoms with Crippen molar-refractivity contribution in [1.82, 2.24) is 0 Å². The normalized spacial score (nSPS) is 20.1. The van der Waals surface area contributed by atoms with E-state index >= 15 is 0 Å². The van der Waals surface area contributed by atoms with Gasteiger partial charge in [-0.15, -0.1) is 0 Å². The van der Waals surface area contributed by atoms with Crippen molar-refractivity contribution < 1.29 is 9.53 Å². The number of hydrogen-bond acceptors (Lipinski definition) is 2. The van der Waals surface area contributed by atoms with E-state index in [1.54, 1.807) is 0 Å². The molecule has 1 heterocycles. The molecule has 142 valence electrons. The first-order chi connectivity index (χ1) is 13.4. The fourth-order valence-electron chi connectivity index (χ4n) is 4.02. The largest absolute Gasteiger partial charge is 0.439 e. The molecule has 28 heavy (non-hydrogen) atoms. The lowest BCUT2D eigenvalue weighted by atomic mass is 9.98. The number of amides is 1. The molecule has 1 unspecified atom stereocenters. The molecular weight excluding hydrogens is 389 g/mol. The SMILES string of the molecule is CC1(C)C(c2ccc(Cl)cc2)OC(=O)N=P1(c1ccccc1)c1ccccc1. The van der Waals surface area contributed by atoms with Crippen molar-refractivity contribution in [1.29, 1.82) is 0 Å². The molecule has 1 amide bonds. The molecule has 0 saturated carbocycles. The molecule has 0 spiro atoms. The molecule has 1 aliphatic heterocycles. The van der Waals surface area contributed by atoms with E-state index in [-0.39, 0.29) is 0 Å². The van der Waals surface area contributed by atoms with Gasteiger partial charge >= 0.3 is 6.09 Å². The predicted octanol–water partition coefficient (Wildman–Crippen LogP) is 6.16. The molecule has 5 heteroatoms. The van der Waals surface area contributed by atoms with Crippen LogP contribution < -0.4 is 10.6 Å². The summed E-state index contributed by atoms with van der Waals surface area (Å²) in [4.78, 5) is 12.8. The molecule has 0 aliphatic carbocycles. The second-order valence-electron chi connectivity index (χ2n) is 7.38. The summed E-state index contributed by atoms with van der Waals surface area (Å²) < 4.78 is 10.5. The highest BCUT2D eigenvalue weighted by molar-refractivity contribution is 7.82. The van der Waals surface area contributed by atoms with Crippen LogP contribution in [-0.4, -0.2) is 11.2 Å². The quantitative estimate of drug-likeness (QED) is 0.486. The van der Waals surface area contributed by atoms with E-state index in [4.69, 9.17) is 21.1 Å². The van der Waals surface area contributed by atoms with Gasteiger partial charge in [-0.1, -0.05) is 98.2 Å². The van der Waals surface area contributed by atoms with Gasteiger partial charge in [0.2, 0.25) is 0 Å². The van der Waals surface area contributed by atoms with E-state index in [1.807, 2.05) is 60.7 Å². The fraction of sp³-hybridized carbons (Fsp3) is 0.174. The van der Waals surface area contributed by atoms with Crippen LogP contribution in [0.25, 0.3) is 0 Å². The van der Waals surface area contributed by atoms with Crippen molar-refractivity contribution >= 4 is 35.4 Å². The first kappa shape index (κ1) is 19.0. The van der Waals surface area contributed by atoms with E-state index in [1.165, 1.54) is 0 Å². The molecule has 0 bridgehead atoms. The molecule has 0 fully saturated rings. The maximum absolute atomic E-state index is 12.8. The average Bonchev–Trinajstić information content (AvgIpc) is 2.71. The highest BCUT2D eigenvalue weighted by Crippen LogP contribution is 2.66. The Morgan fingerprint density at radius 1 is 0.857 bits per heavy atom. The number of carbonyl (C=O) groups excluding carboxylic acids is 1. The Morgan fingerprint density at radius 2 is 1.36 bits per heavy atom. The summed E-state index contributed by atoms with van der Waals surface area (Å²) in [5.74, 6) is 0. The number of halogens is 1. The average molecular weight is 410 g/mol. The van der Waals surface area contributed by atoms with E-state index in [0.29, 0.717) is 5.02 Å². The van der Waals surface area contributed by atoms with Crippen molar-refractivity contribution in [2.75, 3.05) is 0 Å². The van der Waals surface area contributed by atoms with Crippen LogP contribution in [0.1, 0.15) is 25.5 Å². The number of hydrogen-bond donors (Lipinski definition) is 0. The zero-order valence-electron chi connectivity index (χ0n) is 15.7. The van der Waals surface area contributed by atoms with Gasteiger partial charge in [-0.3, -0.25) is 0 Å². The van der Waals surface area contributed by atoms with Gasteiger partial charge in [0.05, 0.1) is 7.05 Å². The van der Waals surface area contributed by atoms with Crippen LogP contribution in [0, 0.1) is 0 Å². The summed E-state index contributed by atoms with van der Waals surface area (Å²) in [6.45, 7) is 4.30. The minimum Gasteiger partial charge on any atom is -0.439 e. The van der Waals surface area contributed by atoms with Gasteiger partial charge in [0, 0.05) is 10.2 Å². The van der Waals surface area contributed by atoms with E-state index in [0.717, 1.165) is 16.2 Å². The molecule has 3 nitrogen and oxygen atoms in total. The highest BCUT2D eigenvalue weighted by Gasteiger charge is 2.52. The van der Waals surface area contributed by atoms with Crippen molar-refractivity contribution in [3.8, 4) is 0 Å². The van der Waals surface area contributed by atoms with Crippen LogP contribution in [0.3, 0.4) is 0 Å². The number of carbonyl (C=O) groups is 1. The number of rotatable bonds is 3. The summed E-state index contributed by atoms with van der Waals surface area (Å²) in [6.07, 6.45) is -0.941. The summed E-state index contributed by atoms with van der Waals surface area (Å²) in [7, 11) is -2.47. The predicted molar refractivity (Wildman–Crippen MR) is 116 cm³/mol. The monoisotopic (exact) mass is 409 g/mol. The highest BCUT2D eigenvalue weighted by atomic mass is 35.5. The third-order valence-electron chi connectivity index (χ3n) is 5.36. The minimum atomic E-state index is -2.47. The van der Waals surface area contributed by atoms with Crippen molar-refractivity contribution in [3.05, 3.63) is 95.5 Å². The van der Waals surface area contributed by atoms with Gasteiger partial charge in [-0.2, -0.15) is 4.74 Å². The molecule has 0 radical (unpaired) electrons. The minimum absolute atomic E-state index is 0.427. The van der Waals surface area contributed by atoms with Gasteiger partial charge in [0.1, 0.15) is 6.10 Å². The van der Waals surface area contributed by atoms with Crippen molar-refractivity contribution in [3.63, 3.8) is 0 Å². The molecule has 1 aliphatic rings. The van der Waals surface area contributed by atoms with Crippen LogP contribution >= 0.6 is 18.7 Å². The third kappa shape index (κ3) is 2.99. The maximum atomic E-state index is 12.8. The number of nitrogens with zero attached hydrogens (tertiary/aromatic N) is 1. The topological polar surface area (TPSA) is 38.7 Å². The molecule has 4 rings (SSSR count). The van der Waals surface area contributed by atoms with E-state index in [9.17, 15) is 4.79 Å². The standard InChI is InChI=1S/C23H21ClNO2P/c1-23(2)21(17-13-15-18(24)16-14-17)27-22(26)25-28(23,19-9-5-3-6-10-19)20-11-7-4-8-12-20/h3-16,21H,1-2H3. The summed E-state index contributed by atoms with van der Waals surface area (Å²) in [5, 5.41) is 2.35. The summed E-state index contributed by atoms with van der Waals surface area (Å²) in [5.41, 5.74) is 0.925. The third-order valence-corrected chi connectivity index (χ3v) is 10.1. The van der Waals surface area contributed by atoms with Gasteiger partial charge in [0.15, 0.2) is 0 Å². The lowest BCUT2D eigenvalue weighted by Gasteiger charge is -2.47. The molecular formula is C23H21ClNO2P. The summed E-state index contributed by atoms with van der Waals surface area (Å²) in [6, 6.07) is 27.8. The van der Waals surface area contributed by atoms with Gasteiger partial charge in [0.25, 0.3) is 0 Å². The second-order valence-corrected chi connectivity index (χ2v) is 11.5. The van der Waals surface area contributed by atoms with E-state index < -0.39 is 24.4 Å². The van der Waals surface area contributed by atoms with Crippen LogP contribution in [0.4, 0.5) is 4.79 Å². The summed E-state index contributed by atoms with van der Waals surface area (Å²) >= 11 is 6.08. The van der Waals surface area contributed by atoms with Crippen molar-refractivity contribution in [2.24, 2.45) is 4.74 Å². The number of benzene rings is 3. The maximum Gasteiger partial charge on any atom is 0.433 e. The lowest BCUT2D eigenvalue weighted by Crippen LogP contribution is -2.43. The van der Waals surface area contributed by atoms with Crippen LogP contribution in [0.15, 0.2) is 89.7 Å². The number of ether oxygens (including phenoxy) is 1. The van der Waals surface area contributed by atoms with E-state index in [2.05, 4.69) is 38.1 Å². The first-order valence-corrected chi connectivity index (χ1v) is 11.3. The first-order valence-electron chi connectivity index (χ1n) is 9.15. The Hall–Kier alpha value is -2.35. The molecule has 3 aromatic rings. The molecule has 1 atom stereocenters. The molecule has 3 aromatic carbocycles. The fourth-order valence-corrected chi connectivity index (χ4v) is 8.30. The molecule has 0 aromatic heterocycles. The van der Waals surface area contributed by atoms with Crippen LogP contribution in [0.5, 0.6) is 0 Å². The van der Waals surface area contributed by atoms with Crippen molar-refractivity contribution in [2.45, 2.75) is 25.1 Å². The zero-order valence-corrected chi connectivity index (χ0v) is 17.4. The van der Waals surface area contributed by atoms with Crippen LogP contribution in [0.2, 0.25) is 5.02 Å². The Bertz CT molecular complexity index is 1000. The Balaban J connectivity index is 2.02. The number of cyclic esters (lactones) is 1. The Morgan fingerprint density at radius 3 is 1.86 bits per heavy atom. The van der Waals surface area contributed by atoms with Gasteiger partial charge in [-0.05, 0) is 28.3 Å².